The van der Waals surface area contributed by atoms with Crippen molar-refractivity contribution in [2.75, 3.05) is 13.2 Å². The molecule has 3 fully saturated rings. The highest BCUT2D eigenvalue weighted by Crippen LogP contribution is 2.34. The van der Waals surface area contributed by atoms with Gasteiger partial charge in [-0.15, -0.1) is 0 Å². The number of amides is 4. The minimum Gasteiger partial charge on any atom is -0.454 e. The van der Waals surface area contributed by atoms with E-state index in [-0.39, 0.29) is 30.5 Å². The van der Waals surface area contributed by atoms with Crippen molar-refractivity contribution in [1.29, 1.82) is 0 Å². The lowest BCUT2D eigenvalue weighted by Gasteiger charge is -2.38. The van der Waals surface area contributed by atoms with Crippen LogP contribution in [0.15, 0.2) is 0 Å². The molecule has 144 valence electrons. The van der Waals surface area contributed by atoms with E-state index in [1.54, 1.807) is 4.90 Å². The molecular formula is C18H27N3O5. The van der Waals surface area contributed by atoms with Gasteiger partial charge in [-0.3, -0.25) is 19.3 Å². The monoisotopic (exact) mass is 365 g/mol. The largest absolute Gasteiger partial charge is 0.454 e. The van der Waals surface area contributed by atoms with Crippen molar-refractivity contribution in [2.24, 2.45) is 0 Å². The van der Waals surface area contributed by atoms with E-state index in [9.17, 15) is 19.2 Å². The number of nitrogens with zero attached hydrogens (tertiary/aromatic N) is 2. The van der Waals surface area contributed by atoms with Crippen LogP contribution in [0, 0.1) is 0 Å². The van der Waals surface area contributed by atoms with E-state index in [2.05, 4.69) is 5.32 Å². The third kappa shape index (κ3) is 3.41. The van der Waals surface area contributed by atoms with E-state index in [1.165, 1.54) is 0 Å². The highest BCUT2D eigenvalue weighted by atomic mass is 16.5. The molecule has 3 rings (SSSR count). The maximum absolute atomic E-state index is 12.5. The summed E-state index contributed by atoms with van der Waals surface area (Å²) in [5, 5.41) is 2.72. The molecule has 2 atom stereocenters. The second kappa shape index (κ2) is 7.25. The molecule has 26 heavy (non-hydrogen) atoms. The molecule has 3 aliphatic rings. The molecule has 0 bridgehead atoms. The number of carbonyl (C=O) groups is 4. The van der Waals surface area contributed by atoms with E-state index in [0.717, 1.165) is 37.0 Å². The molecule has 8 heteroatoms. The first-order valence-corrected chi connectivity index (χ1v) is 9.45. The van der Waals surface area contributed by atoms with E-state index >= 15 is 0 Å². The van der Waals surface area contributed by atoms with Crippen LogP contribution in [-0.2, 0) is 19.1 Å². The summed E-state index contributed by atoms with van der Waals surface area (Å²) in [5.41, 5.74) is -0.841. The Kier molecular flexibility index (Phi) is 5.20. The number of nitrogens with one attached hydrogen (secondary N) is 1. The van der Waals surface area contributed by atoms with Crippen LogP contribution in [0.2, 0.25) is 0 Å². The van der Waals surface area contributed by atoms with Gasteiger partial charge in [0.25, 0.3) is 11.8 Å². The van der Waals surface area contributed by atoms with Gasteiger partial charge in [0.05, 0.1) is 0 Å². The summed E-state index contributed by atoms with van der Waals surface area (Å²) in [6.45, 7) is 3.17. The van der Waals surface area contributed by atoms with Crippen LogP contribution in [-0.4, -0.2) is 64.4 Å². The van der Waals surface area contributed by atoms with Gasteiger partial charge in [-0.05, 0) is 46.0 Å². The third-order valence-corrected chi connectivity index (χ3v) is 5.83. The number of likely N-dealkylation sites (tertiary alicyclic amines) is 1. The summed E-state index contributed by atoms with van der Waals surface area (Å²) in [6.07, 6.45) is 5.93. The number of hydrogen-bond acceptors (Lipinski definition) is 5. The van der Waals surface area contributed by atoms with Crippen molar-refractivity contribution >= 4 is 23.8 Å². The summed E-state index contributed by atoms with van der Waals surface area (Å²) in [7, 11) is 0. The zero-order valence-electron chi connectivity index (χ0n) is 15.5. The Morgan fingerprint density at radius 3 is 2.35 bits per heavy atom. The van der Waals surface area contributed by atoms with Crippen molar-refractivity contribution in [3.05, 3.63) is 0 Å². The maximum Gasteiger partial charge on any atom is 0.326 e. The van der Waals surface area contributed by atoms with E-state index in [0.29, 0.717) is 12.8 Å². The SMILES string of the molecule is C[C@H]1CCC[C@H](C)N1C(=O)COC(=O)CN1C(=O)NC2(CCCC2)C1=O. The predicted octanol–water partition coefficient (Wildman–Crippen LogP) is 1.18. The minimum absolute atomic E-state index is 0.123. The topological polar surface area (TPSA) is 96.0 Å². The minimum atomic E-state index is -0.841. The average molecular weight is 365 g/mol. The molecule has 0 unspecified atom stereocenters. The van der Waals surface area contributed by atoms with Gasteiger partial charge in [0, 0.05) is 12.1 Å². The lowest BCUT2D eigenvalue weighted by Crippen LogP contribution is -2.49. The van der Waals surface area contributed by atoms with Gasteiger partial charge >= 0.3 is 12.0 Å². The first-order chi connectivity index (χ1) is 12.3. The van der Waals surface area contributed by atoms with Crippen molar-refractivity contribution in [3.8, 4) is 0 Å². The molecule has 2 heterocycles. The Labute approximate surface area is 153 Å². The summed E-state index contributed by atoms with van der Waals surface area (Å²) >= 11 is 0. The Morgan fingerprint density at radius 2 is 1.73 bits per heavy atom. The van der Waals surface area contributed by atoms with Crippen molar-refractivity contribution in [1.82, 2.24) is 15.1 Å². The molecule has 8 nitrogen and oxygen atoms in total. The van der Waals surface area contributed by atoms with Gasteiger partial charge in [0.15, 0.2) is 6.61 Å². The molecule has 0 aromatic heterocycles. The van der Waals surface area contributed by atoms with Gasteiger partial charge in [-0.2, -0.15) is 0 Å². The quantitative estimate of drug-likeness (QED) is 0.596. The second-order valence-corrected chi connectivity index (χ2v) is 7.70. The summed E-state index contributed by atoms with van der Waals surface area (Å²) in [5.74, 6) is -1.33. The maximum atomic E-state index is 12.5. The Hall–Kier alpha value is -2.12. The Morgan fingerprint density at radius 1 is 1.12 bits per heavy atom. The standard InChI is InChI=1S/C18H27N3O5/c1-12-6-5-7-13(2)21(12)14(22)11-26-15(23)10-20-16(24)18(19-17(20)25)8-3-4-9-18/h12-13H,3-11H2,1-2H3,(H,19,25)/t12-,13-/m0/s1. The fourth-order valence-corrected chi connectivity index (χ4v) is 4.44. The molecule has 2 saturated heterocycles. The molecule has 1 spiro atoms. The molecule has 4 amide bonds. The number of rotatable bonds is 4. The molecule has 1 aliphatic carbocycles. The summed E-state index contributed by atoms with van der Waals surface area (Å²) < 4.78 is 5.06. The van der Waals surface area contributed by atoms with E-state index in [4.69, 9.17) is 4.74 Å². The second-order valence-electron chi connectivity index (χ2n) is 7.70. The number of carbonyl (C=O) groups excluding carboxylic acids is 4. The van der Waals surface area contributed by atoms with Crippen LogP contribution < -0.4 is 5.32 Å². The van der Waals surface area contributed by atoms with Gasteiger partial charge < -0.3 is 15.0 Å². The molecule has 1 N–H and O–H groups in total. The third-order valence-electron chi connectivity index (χ3n) is 5.83. The van der Waals surface area contributed by atoms with Gasteiger partial charge in [-0.1, -0.05) is 12.8 Å². The number of hydrogen-bond donors (Lipinski definition) is 1. The highest BCUT2D eigenvalue weighted by molar-refractivity contribution is 6.08. The van der Waals surface area contributed by atoms with Gasteiger partial charge in [0.2, 0.25) is 0 Å². The van der Waals surface area contributed by atoms with Crippen LogP contribution in [0.1, 0.15) is 58.8 Å². The number of urea groups is 1. The van der Waals surface area contributed by atoms with Crippen LogP contribution in [0.3, 0.4) is 0 Å². The van der Waals surface area contributed by atoms with E-state index < -0.39 is 24.1 Å². The Balaban J connectivity index is 1.52. The fourth-order valence-electron chi connectivity index (χ4n) is 4.44. The van der Waals surface area contributed by atoms with Crippen molar-refractivity contribution in [2.45, 2.75) is 76.4 Å². The zero-order chi connectivity index (χ0) is 18.9. The molecule has 0 aromatic carbocycles. The van der Waals surface area contributed by atoms with E-state index in [1.807, 2.05) is 13.8 Å². The number of piperidine rings is 1. The molecule has 2 aliphatic heterocycles. The normalized spacial score (nSPS) is 27.8. The average Bonchev–Trinajstić information content (AvgIpc) is 3.14. The first kappa shape index (κ1) is 18.7. The van der Waals surface area contributed by atoms with Gasteiger partial charge in [-0.25, -0.2) is 4.79 Å². The lowest BCUT2D eigenvalue weighted by atomic mass is 9.97. The molecule has 0 aromatic rings. The summed E-state index contributed by atoms with van der Waals surface area (Å²) in [4.78, 5) is 51.7. The van der Waals surface area contributed by atoms with Gasteiger partial charge in [0.1, 0.15) is 12.1 Å². The lowest BCUT2D eigenvalue weighted by molar-refractivity contribution is -0.156. The van der Waals surface area contributed by atoms with Crippen molar-refractivity contribution in [3.63, 3.8) is 0 Å². The number of esters is 1. The smallest absolute Gasteiger partial charge is 0.326 e. The predicted molar refractivity (Wildman–Crippen MR) is 92.0 cm³/mol. The summed E-state index contributed by atoms with van der Waals surface area (Å²) in [6, 6.07) is -0.310. The number of imide groups is 1. The molecular weight excluding hydrogens is 338 g/mol. The first-order valence-electron chi connectivity index (χ1n) is 9.45. The zero-order valence-corrected chi connectivity index (χ0v) is 15.5. The fraction of sp³-hybridized carbons (Fsp3) is 0.778. The van der Waals surface area contributed by atoms with Crippen LogP contribution in [0.5, 0.6) is 0 Å². The highest BCUT2D eigenvalue weighted by Gasteiger charge is 2.52. The molecule has 0 radical (unpaired) electrons. The number of ether oxygens (including phenoxy) is 1. The van der Waals surface area contributed by atoms with Crippen molar-refractivity contribution < 1.29 is 23.9 Å². The molecule has 1 saturated carbocycles. The van der Waals surface area contributed by atoms with Crippen LogP contribution in [0.25, 0.3) is 0 Å². The van der Waals surface area contributed by atoms with Crippen LogP contribution >= 0.6 is 0 Å². The Bertz CT molecular complexity index is 604. The van der Waals surface area contributed by atoms with Crippen LogP contribution in [0.4, 0.5) is 4.79 Å².